The molecule has 6 nitrogen and oxygen atoms in total. The summed E-state index contributed by atoms with van der Waals surface area (Å²) in [6, 6.07) is 1.69. The van der Waals surface area contributed by atoms with Gasteiger partial charge in [0.05, 0.1) is 18.7 Å². The molecule has 1 fully saturated rings. The lowest BCUT2D eigenvalue weighted by atomic mass is 10.3. The highest BCUT2D eigenvalue weighted by atomic mass is 32.1. The monoisotopic (exact) mass is 306 g/mol. The van der Waals surface area contributed by atoms with Gasteiger partial charge >= 0.3 is 0 Å². The van der Waals surface area contributed by atoms with Gasteiger partial charge in [-0.1, -0.05) is 5.16 Å². The molecule has 0 aliphatic carbocycles. The van der Waals surface area contributed by atoms with Crippen LogP contribution in [0.2, 0.25) is 0 Å². The number of likely N-dealkylation sites (tertiary alicyclic amines) is 1. The van der Waals surface area contributed by atoms with Crippen molar-refractivity contribution >= 4 is 23.1 Å². The third-order valence-electron chi connectivity index (χ3n) is 3.39. The minimum absolute atomic E-state index is 0.124. The van der Waals surface area contributed by atoms with Crippen molar-refractivity contribution in [3.63, 3.8) is 0 Å². The Hall–Kier alpha value is -1.73. The smallest absolute Gasteiger partial charge is 0.231 e. The Kier molecular flexibility index (Phi) is 4.31. The number of amides is 1. The average molecular weight is 306 g/mol. The third kappa shape index (κ3) is 3.89. The largest absolute Gasteiger partial charge is 0.360 e. The van der Waals surface area contributed by atoms with Crippen LogP contribution in [0.5, 0.6) is 0 Å². The highest BCUT2D eigenvalue weighted by molar-refractivity contribution is 7.09. The molecule has 1 amide bonds. The van der Waals surface area contributed by atoms with Crippen molar-refractivity contribution in [3.05, 3.63) is 27.9 Å². The van der Waals surface area contributed by atoms with E-state index in [-0.39, 0.29) is 12.3 Å². The first-order valence-corrected chi connectivity index (χ1v) is 7.96. The molecule has 2 aromatic heterocycles. The number of carbonyl (C=O) groups is 1. The zero-order valence-corrected chi connectivity index (χ0v) is 12.8. The van der Waals surface area contributed by atoms with Crippen molar-refractivity contribution in [1.82, 2.24) is 15.0 Å². The first-order chi connectivity index (χ1) is 10.2. The molecule has 0 unspecified atom stereocenters. The van der Waals surface area contributed by atoms with Crippen LogP contribution in [0.15, 0.2) is 16.0 Å². The summed E-state index contributed by atoms with van der Waals surface area (Å²) < 4.78 is 4.91. The fourth-order valence-electron chi connectivity index (χ4n) is 2.41. The van der Waals surface area contributed by atoms with E-state index < -0.39 is 0 Å². The molecule has 0 spiro atoms. The normalized spacial score (nSPS) is 15.5. The lowest BCUT2D eigenvalue weighted by molar-refractivity contribution is -0.115. The van der Waals surface area contributed by atoms with Crippen LogP contribution >= 0.6 is 11.3 Å². The van der Waals surface area contributed by atoms with E-state index in [4.69, 9.17) is 4.52 Å². The van der Waals surface area contributed by atoms with E-state index in [2.05, 4.69) is 20.4 Å². The van der Waals surface area contributed by atoms with Gasteiger partial charge in [-0.2, -0.15) is 0 Å². The molecule has 1 aliphatic rings. The number of hydrogen-bond donors (Lipinski definition) is 1. The quantitative estimate of drug-likeness (QED) is 0.917. The third-order valence-corrected chi connectivity index (χ3v) is 4.28. The Morgan fingerprint density at radius 2 is 2.29 bits per heavy atom. The second-order valence-corrected chi connectivity index (χ2v) is 6.21. The van der Waals surface area contributed by atoms with Gasteiger partial charge in [-0.25, -0.2) is 4.98 Å². The number of nitrogens with zero attached hydrogens (tertiary/aromatic N) is 3. The molecule has 3 rings (SSSR count). The van der Waals surface area contributed by atoms with Crippen molar-refractivity contribution in [1.29, 1.82) is 0 Å². The SMILES string of the molecule is Cc1cc(NC(=O)Cc2csc(CN3CCCC3)n2)no1. The predicted octanol–water partition coefficient (Wildman–Crippen LogP) is 2.22. The minimum Gasteiger partial charge on any atom is -0.360 e. The summed E-state index contributed by atoms with van der Waals surface area (Å²) in [5, 5.41) is 9.48. The molecule has 3 heterocycles. The van der Waals surface area contributed by atoms with Crippen LogP contribution < -0.4 is 5.32 Å². The molecule has 1 N–H and O–H groups in total. The van der Waals surface area contributed by atoms with Crippen LogP contribution in [-0.4, -0.2) is 34.0 Å². The van der Waals surface area contributed by atoms with Gasteiger partial charge in [-0.15, -0.1) is 11.3 Å². The lowest BCUT2D eigenvalue weighted by Crippen LogP contribution is -2.18. The molecule has 0 aromatic carbocycles. The van der Waals surface area contributed by atoms with Gasteiger partial charge in [-0.3, -0.25) is 9.69 Å². The van der Waals surface area contributed by atoms with Gasteiger partial charge in [0.15, 0.2) is 5.82 Å². The van der Waals surface area contributed by atoms with Crippen LogP contribution in [0, 0.1) is 6.92 Å². The van der Waals surface area contributed by atoms with E-state index in [0.29, 0.717) is 11.6 Å². The first kappa shape index (κ1) is 14.2. The highest BCUT2D eigenvalue weighted by Gasteiger charge is 2.15. The molecule has 0 bridgehead atoms. The number of aryl methyl sites for hydroxylation is 1. The molecule has 0 atom stereocenters. The summed E-state index contributed by atoms with van der Waals surface area (Å²) >= 11 is 1.62. The molecular formula is C14H18N4O2S. The summed E-state index contributed by atoms with van der Waals surface area (Å²) in [6.45, 7) is 4.99. The topological polar surface area (TPSA) is 71.3 Å². The van der Waals surface area contributed by atoms with Crippen LogP contribution in [-0.2, 0) is 17.8 Å². The van der Waals surface area contributed by atoms with Gasteiger partial charge in [0, 0.05) is 11.4 Å². The number of thiazole rings is 1. The predicted molar refractivity (Wildman–Crippen MR) is 80.2 cm³/mol. The Morgan fingerprint density at radius 3 is 3.00 bits per heavy atom. The van der Waals surface area contributed by atoms with E-state index in [1.54, 1.807) is 24.3 Å². The number of hydrogen-bond acceptors (Lipinski definition) is 6. The summed E-state index contributed by atoms with van der Waals surface area (Å²) in [5.74, 6) is 0.998. The van der Waals surface area contributed by atoms with Crippen LogP contribution in [0.1, 0.15) is 29.3 Å². The maximum atomic E-state index is 11.9. The first-order valence-electron chi connectivity index (χ1n) is 7.08. The Balaban J connectivity index is 1.52. The van der Waals surface area contributed by atoms with Gasteiger partial charge in [0.25, 0.3) is 0 Å². The number of carbonyl (C=O) groups excluding carboxylic acids is 1. The Bertz CT molecular complexity index is 616. The number of rotatable bonds is 5. The van der Waals surface area contributed by atoms with Crippen molar-refractivity contribution in [2.45, 2.75) is 32.7 Å². The van der Waals surface area contributed by atoms with Crippen molar-refractivity contribution in [3.8, 4) is 0 Å². The highest BCUT2D eigenvalue weighted by Crippen LogP contribution is 2.17. The number of anilines is 1. The van der Waals surface area contributed by atoms with E-state index in [1.165, 1.54) is 12.8 Å². The maximum absolute atomic E-state index is 11.9. The van der Waals surface area contributed by atoms with Crippen molar-refractivity contribution in [2.24, 2.45) is 0 Å². The zero-order valence-electron chi connectivity index (χ0n) is 12.0. The number of nitrogens with one attached hydrogen (secondary N) is 1. The summed E-state index contributed by atoms with van der Waals surface area (Å²) in [4.78, 5) is 18.8. The van der Waals surface area contributed by atoms with Crippen molar-refractivity contribution in [2.75, 3.05) is 18.4 Å². The molecule has 1 aliphatic heterocycles. The Labute approximate surface area is 127 Å². The fourth-order valence-corrected chi connectivity index (χ4v) is 3.25. The van der Waals surface area contributed by atoms with Gasteiger partial charge in [-0.05, 0) is 32.9 Å². The lowest BCUT2D eigenvalue weighted by Gasteiger charge is -2.11. The van der Waals surface area contributed by atoms with Crippen LogP contribution in [0.3, 0.4) is 0 Å². The maximum Gasteiger partial charge on any atom is 0.231 e. The van der Waals surface area contributed by atoms with Crippen LogP contribution in [0.4, 0.5) is 5.82 Å². The van der Waals surface area contributed by atoms with Gasteiger partial charge in [0.2, 0.25) is 5.91 Å². The Morgan fingerprint density at radius 1 is 1.48 bits per heavy atom. The second-order valence-electron chi connectivity index (χ2n) is 5.26. The zero-order chi connectivity index (χ0) is 14.7. The molecule has 21 heavy (non-hydrogen) atoms. The molecule has 7 heteroatoms. The molecule has 0 radical (unpaired) electrons. The average Bonchev–Trinajstić information content (AvgIpc) is 3.15. The van der Waals surface area contributed by atoms with Crippen molar-refractivity contribution < 1.29 is 9.32 Å². The minimum atomic E-state index is -0.124. The summed E-state index contributed by atoms with van der Waals surface area (Å²) in [7, 11) is 0. The van der Waals surface area contributed by atoms with Crippen LogP contribution in [0.25, 0.3) is 0 Å². The van der Waals surface area contributed by atoms with E-state index in [9.17, 15) is 4.79 Å². The van der Waals surface area contributed by atoms with E-state index >= 15 is 0 Å². The number of aromatic nitrogens is 2. The van der Waals surface area contributed by atoms with Gasteiger partial charge in [0.1, 0.15) is 10.8 Å². The van der Waals surface area contributed by atoms with E-state index in [1.807, 2.05) is 5.38 Å². The molecular weight excluding hydrogens is 288 g/mol. The summed E-state index contributed by atoms with van der Waals surface area (Å²) in [5.41, 5.74) is 0.812. The molecule has 112 valence electrons. The molecule has 0 saturated carbocycles. The second kappa shape index (κ2) is 6.36. The summed E-state index contributed by atoms with van der Waals surface area (Å²) in [6.07, 6.45) is 2.82. The molecule has 2 aromatic rings. The standard InChI is InChI=1S/C14H18N4O2S/c1-10-6-12(17-20-10)16-13(19)7-11-9-21-14(15-11)8-18-4-2-3-5-18/h6,9H,2-5,7-8H2,1H3,(H,16,17,19). The fraction of sp³-hybridized carbons (Fsp3) is 0.500. The van der Waals surface area contributed by atoms with E-state index in [0.717, 1.165) is 30.3 Å². The molecule has 1 saturated heterocycles. The van der Waals surface area contributed by atoms with Gasteiger partial charge < -0.3 is 9.84 Å².